The van der Waals surface area contributed by atoms with Gasteiger partial charge in [0, 0.05) is 38.4 Å². The summed E-state index contributed by atoms with van der Waals surface area (Å²) in [6.07, 6.45) is 2.83. The normalized spacial score (nSPS) is 14.0. The maximum absolute atomic E-state index is 12.6. The summed E-state index contributed by atoms with van der Waals surface area (Å²) in [5, 5.41) is 3.06. The van der Waals surface area contributed by atoms with Crippen molar-refractivity contribution in [2.75, 3.05) is 44.7 Å². The van der Waals surface area contributed by atoms with E-state index >= 15 is 0 Å². The van der Waals surface area contributed by atoms with Crippen LogP contribution >= 0.6 is 0 Å². The Hall–Kier alpha value is -2.69. The van der Waals surface area contributed by atoms with Gasteiger partial charge in [0.15, 0.2) is 0 Å². The number of nitrogens with zero attached hydrogens (tertiary/aromatic N) is 2. The molecule has 5 heteroatoms. The van der Waals surface area contributed by atoms with Gasteiger partial charge in [0.2, 0.25) is 0 Å². The number of urea groups is 1. The van der Waals surface area contributed by atoms with Crippen LogP contribution in [0.3, 0.4) is 0 Å². The molecule has 1 aliphatic rings. The number of anilines is 1. The van der Waals surface area contributed by atoms with Crippen molar-refractivity contribution >= 4 is 11.7 Å². The summed E-state index contributed by atoms with van der Waals surface area (Å²) >= 11 is 0. The highest BCUT2D eigenvalue weighted by atomic mass is 16.5. The average molecular weight is 396 g/mol. The molecule has 156 valence electrons. The van der Waals surface area contributed by atoms with Gasteiger partial charge in [-0.2, -0.15) is 0 Å². The van der Waals surface area contributed by atoms with Crippen LogP contribution in [-0.4, -0.2) is 50.8 Å². The molecule has 0 atom stereocenters. The molecule has 0 aromatic heterocycles. The lowest BCUT2D eigenvalue weighted by Gasteiger charge is -2.38. The first kappa shape index (κ1) is 21.0. The lowest BCUT2D eigenvalue weighted by molar-refractivity contribution is 0.194. The van der Waals surface area contributed by atoms with E-state index in [0.29, 0.717) is 6.54 Å². The molecule has 0 bridgehead atoms. The standard InChI is InChI=1S/C24H33N3O2/c1-4-19-10-8-11-20(5-2)23(19)26-15-17-27(18-16-26)24(28)25-14-13-21-9-6-7-12-22(21)29-3/h6-12H,4-5,13-18H2,1-3H3,(H,25,28). The van der Waals surface area contributed by atoms with E-state index in [1.54, 1.807) is 7.11 Å². The number of ether oxygens (including phenoxy) is 1. The van der Waals surface area contributed by atoms with Crippen molar-refractivity contribution in [3.8, 4) is 5.75 Å². The van der Waals surface area contributed by atoms with Gasteiger partial charge in [0.1, 0.15) is 5.75 Å². The van der Waals surface area contributed by atoms with E-state index in [-0.39, 0.29) is 6.03 Å². The van der Waals surface area contributed by atoms with Gasteiger partial charge in [0.25, 0.3) is 0 Å². The molecular formula is C24H33N3O2. The van der Waals surface area contributed by atoms with Crippen molar-refractivity contribution in [3.05, 3.63) is 59.2 Å². The smallest absolute Gasteiger partial charge is 0.317 e. The molecule has 1 heterocycles. The first-order valence-electron chi connectivity index (χ1n) is 10.7. The predicted molar refractivity (Wildman–Crippen MR) is 119 cm³/mol. The molecule has 0 aliphatic carbocycles. The van der Waals surface area contributed by atoms with Crippen LogP contribution in [-0.2, 0) is 19.3 Å². The van der Waals surface area contributed by atoms with Crippen LogP contribution in [0.2, 0.25) is 0 Å². The molecule has 5 nitrogen and oxygen atoms in total. The Labute approximate surface area is 174 Å². The molecule has 2 amide bonds. The maximum Gasteiger partial charge on any atom is 0.317 e. The fraction of sp³-hybridized carbons (Fsp3) is 0.458. The van der Waals surface area contributed by atoms with Gasteiger partial charge < -0.3 is 19.9 Å². The zero-order valence-corrected chi connectivity index (χ0v) is 17.9. The molecule has 1 saturated heterocycles. The second-order valence-corrected chi connectivity index (χ2v) is 7.40. The van der Waals surface area contributed by atoms with Gasteiger partial charge in [0.05, 0.1) is 7.11 Å². The Morgan fingerprint density at radius 1 is 0.931 bits per heavy atom. The third-order valence-corrected chi connectivity index (χ3v) is 5.71. The van der Waals surface area contributed by atoms with Crippen LogP contribution in [0, 0.1) is 0 Å². The monoisotopic (exact) mass is 395 g/mol. The molecule has 2 aromatic carbocycles. The minimum absolute atomic E-state index is 0.0269. The Kier molecular flexibility index (Phi) is 7.39. The molecule has 2 aromatic rings. The van der Waals surface area contributed by atoms with Crippen molar-refractivity contribution in [3.63, 3.8) is 0 Å². The second-order valence-electron chi connectivity index (χ2n) is 7.40. The van der Waals surface area contributed by atoms with Crippen LogP contribution in [0.25, 0.3) is 0 Å². The van der Waals surface area contributed by atoms with E-state index in [1.807, 2.05) is 29.2 Å². The number of amides is 2. The van der Waals surface area contributed by atoms with Crippen LogP contribution in [0.15, 0.2) is 42.5 Å². The maximum atomic E-state index is 12.6. The molecular weight excluding hydrogens is 362 g/mol. The van der Waals surface area contributed by atoms with Crippen molar-refractivity contribution in [1.82, 2.24) is 10.2 Å². The SMILES string of the molecule is CCc1cccc(CC)c1N1CCN(C(=O)NCCc2ccccc2OC)CC1. The van der Waals surface area contributed by atoms with Gasteiger partial charge >= 0.3 is 6.03 Å². The van der Waals surface area contributed by atoms with E-state index in [1.165, 1.54) is 16.8 Å². The number of rotatable bonds is 7. The van der Waals surface area contributed by atoms with Gasteiger partial charge in [-0.15, -0.1) is 0 Å². The van der Waals surface area contributed by atoms with Gasteiger partial charge in [-0.1, -0.05) is 50.2 Å². The molecule has 1 N–H and O–H groups in total. The lowest BCUT2D eigenvalue weighted by Crippen LogP contribution is -2.52. The van der Waals surface area contributed by atoms with Crippen molar-refractivity contribution in [2.45, 2.75) is 33.1 Å². The van der Waals surface area contributed by atoms with E-state index < -0.39 is 0 Å². The first-order chi connectivity index (χ1) is 14.2. The Bertz CT molecular complexity index is 791. The molecule has 1 aliphatic heterocycles. The number of para-hydroxylation sites is 2. The topological polar surface area (TPSA) is 44.8 Å². The van der Waals surface area contributed by atoms with Crippen molar-refractivity contribution < 1.29 is 9.53 Å². The quantitative estimate of drug-likeness (QED) is 0.773. The number of nitrogens with one attached hydrogen (secondary N) is 1. The Morgan fingerprint density at radius 3 is 2.17 bits per heavy atom. The zero-order valence-electron chi connectivity index (χ0n) is 17.9. The van der Waals surface area contributed by atoms with Crippen LogP contribution in [0.5, 0.6) is 5.75 Å². The summed E-state index contributed by atoms with van der Waals surface area (Å²) in [6.45, 7) is 8.29. The summed E-state index contributed by atoms with van der Waals surface area (Å²) in [7, 11) is 1.68. The number of hydrogen-bond donors (Lipinski definition) is 1. The Morgan fingerprint density at radius 2 is 1.55 bits per heavy atom. The second kappa shape index (κ2) is 10.2. The molecule has 0 spiro atoms. The summed E-state index contributed by atoms with van der Waals surface area (Å²) in [4.78, 5) is 17.0. The largest absolute Gasteiger partial charge is 0.496 e. The van der Waals surface area contributed by atoms with E-state index in [9.17, 15) is 4.79 Å². The number of carbonyl (C=O) groups excluding carboxylic acids is 1. The van der Waals surface area contributed by atoms with Crippen LogP contribution in [0.1, 0.15) is 30.5 Å². The van der Waals surface area contributed by atoms with Gasteiger partial charge in [-0.3, -0.25) is 0 Å². The van der Waals surface area contributed by atoms with E-state index in [4.69, 9.17) is 4.74 Å². The predicted octanol–water partition coefficient (Wildman–Crippen LogP) is 3.89. The number of benzene rings is 2. The zero-order chi connectivity index (χ0) is 20.6. The highest BCUT2D eigenvalue weighted by Crippen LogP contribution is 2.28. The third-order valence-electron chi connectivity index (χ3n) is 5.71. The molecule has 0 unspecified atom stereocenters. The minimum Gasteiger partial charge on any atom is -0.496 e. The molecule has 3 rings (SSSR count). The van der Waals surface area contributed by atoms with Crippen molar-refractivity contribution in [1.29, 1.82) is 0 Å². The average Bonchev–Trinajstić information content (AvgIpc) is 2.78. The minimum atomic E-state index is 0.0269. The highest BCUT2D eigenvalue weighted by Gasteiger charge is 2.23. The summed E-state index contributed by atoms with van der Waals surface area (Å²) in [6, 6.07) is 14.6. The number of hydrogen-bond acceptors (Lipinski definition) is 3. The summed E-state index contributed by atoms with van der Waals surface area (Å²) in [5.41, 5.74) is 5.30. The van der Waals surface area contributed by atoms with Crippen LogP contribution < -0.4 is 15.0 Å². The number of methoxy groups -OCH3 is 1. The number of carbonyl (C=O) groups is 1. The van der Waals surface area contributed by atoms with E-state index in [0.717, 1.165) is 56.8 Å². The molecule has 0 saturated carbocycles. The van der Waals surface area contributed by atoms with Crippen LogP contribution in [0.4, 0.5) is 10.5 Å². The lowest BCUT2D eigenvalue weighted by atomic mass is 10.0. The highest BCUT2D eigenvalue weighted by molar-refractivity contribution is 5.74. The van der Waals surface area contributed by atoms with Crippen molar-refractivity contribution in [2.24, 2.45) is 0 Å². The first-order valence-corrected chi connectivity index (χ1v) is 10.7. The Balaban J connectivity index is 1.52. The summed E-state index contributed by atoms with van der Waals surface area (Å²) in [5.74, 6) is 0.872. The van der Waals surface area contributed by atoms with Gasteiger partial charge in [-0.25, -0.2) is 4.79 Å². The molecule has 1 fully saturated rings. The molecule has 0 radical (unpaired) electrons. The fourth-order valence-corrected chi connectivity index (χ4v) is 4.08. The third kappa shape index (κ3) is 5.03. The van der Waals surface area contributed by atoms with Gasteiger partial charge in [-0.05, 0) is 42.0 Å². The summed E-state index contributed by atoms with van der Waals surface area (Å²) < 4.78 is 5.38. The fourth-order valence-electron chi connectivity index (χ4n) is 4.08. The van der Waals surface area contributed by atoms with E-state index in [2.05, 4.69) is 42.3 Å². The molecule has 29 heavy (non-hydrogen) atoms. The number of piperazine rings is 1. The number of aryl methyl sites for hydroxylation is 2.